The Morgan fingerprint density at radius 3 is 2.12 bits per heavy atom. The molecule has 0 bridgehead atoms. The molecule has 0 fully saturated rings. The summed E-state index contributed by atoms with van der Waals surface area (Å²) in [6.45, 7) is 0. The summed E-state index contributed by atoms with van der Waals surface area (Å²) in [5.74, 6) is 0.543. The molecule has 0 spiro atoms. The number of benzene rings is 2. The number of oxazole rings is 1. The summed E-state index contributed by atoms with van der Waals surface area (Å²) in [7, 11) is 0. The fourth-order valence-electron chi connectivity index (χ4n) is 2.51. The van der Waals surface area contributed by atoms with Gasteiger partial charge in [0.15, 0.2) is 5.76 Å². The van der Waals surface area contributed by atoms with E-state index in [1.165, 1.54) is 11.3 Å². The van der Waals surface area contributed by atoms with Gasteiger partial charge in [-0.25, -0.2) is 4.98 Å². The van der Waals surface area contributed by atoms with Crippen molar-refractivity contribution < 1.29 is 9.21 Å². The van der Waals surface area contributed by atoms with Crippen LogP contribution in [0.25, 0.3) is 22.6 Å². The summed E-state index contributed by atoms with van der Waals surface area (Å²) >= 11 is 1.38. The van der Waals surface area contributed by atoms with Crippen LogP contribution in [0.2, 0.25) is 0 Å². The Morgan fingerprint density at radius 2 is 1.50 bits per heavy atom. The van der Waals surface area contributed by atoms with E-state index in [0.717, 1.165) is 11.1 Å². The molecule has 0 aliphatic carbocycles. The molecule has 0 radical (unpaired) electrons. The Kier molecular flexibility index (Phi) is 3.81. The standard InChI is InChI=1S/C20H13NO2S/c22-18(16-12-7-13-24-16)20-21-17(14-8-3-1-4-9-14)19(23-20)15-10-5-2-6-11-15/h1-13H. The third-order valence-corrected chi connectivity index (χ3v) is 4.52. The predicted molar refractivity (Wildman–Crippen MR) is 95.1 cm³/mol. The molecular weight excluding hydrogens is 318 g/mol. The maximum Gasteiger partial charge on any atom is 0.270 e. The average molecular weight is 331 g/mol. The maximum atomic E-state index is 12.6. The minimum Gasteiger partial charge on any atom is -0.433 e. The highest BCUT2D eigenvalue weighted by Crippen LogP contribution is 2.33. The first-order valence-electron chi connectivity index (χ1n) is 7.53. The fourth-order valence-corrected chi connectivity index (χ4v) is 3.16. The number of aromatic nitrogens is 1. The smallest absolute Gasteiger partial charge is 0.270 e. The van der Waals surface area contributed by atoms with Crippen molar-refractivity contribution in [3.63, 3.8) is 0 Å². The first-order valence-corrected chi connectivity index (χ1v) is 8.41. The van der Waals surface area contributed by atoms with Gasteiger partial charge in [-0.15, -0.1) is 11.3 Å². The lowest BCUT2D eigenvalue weighted by Gasteiger charge is -2.00. The topological polar surface area (TPSA) is 43.1 Å². The number of carbonyl (C=O) groups is 1. The highest BCUT2D eigenvalue weighted by Gasteiger charge is 2.22. The van der Waals surface area contributed by atoms with Crippen LogP contribution in [0.15, 0.2) is 82.6 Å². The number of thiophene rings is 1. The Balaban J connectivity index is 1.87. The zero-order valence-corrected chi connectivity index (χ0v) is 13.5. The van der Waals surface area contributed by atoms with Crippen molar-refractivity contribution in [2.24, 2.45) is 0 Å². The monoisotopic (exact) mass is 331 g/mol. The van der Waals surface area contributed by atoms with Crippen molar-refractivity contribution in [2.75, 3.05) is 0 Å². The van der Waals surface area contributed by atoms with Crippen LogP contribution in [0.1, 0.15) is 15.6 Å². The summed E-state index contributed by atoms with van der Waals surface area (Å²) in [5.41, 5.74) is 2.50. The minimum absolute atomic E-state index is 0.121. The van der Waals surface area contributed by atoms with Crippen LogP contribution in [0, 0.1) is 0 Å². The van der Waals surface area contributed by atoms with Gasteiger partial charge in [-0.05, 0) is 11.4 Å². The quantitative estimate of drug-likeness (QED) is 0.477. The molecule has 2 heterocycles. The number of ketones is 1. The largest absolute Gasteiger partial charge is 0.433 e. The van der Waals surface area contributed by atoms with Crippen LogP contribution < -0.4 is 0 Å². The number of hydrogen-bond donors (Lipinski definition) is 0. The van der Waals surface area contributed by atoms with Crippen molar-refractivity contribution in [1.29, 1.82) is 0 Å². The van der Waals surface area contributed by atoms with Crippen LogP contribution in [0.4, 0.5) is 0 Å². The highest BCUT2D eigenvalue weighted by molar-refractivity contribution is 7.12. The van der Waals surface area contributed by atoms with Gasteiger partial charge in [0.2, 0.25) is 0 Å². The number of hydrogen-bond acceptors (Lipinski definition) is 4. The second-order valence-electron chi connectivity index (χ2n) is 5.24. The van der Waals surface area contributed by atoms with Gasteiger partial charge in [-0.3, -0.25) is 4.79 Å². The molecule has 0 saturated heterocycles. The van der Waals surface area contributed by atoms with Gasteiger partial charge in [0.25, 0.3) is 11.7 Å². The first-order chi connectivity index (χ1) is 11.8. The molecule has 4 heteroatoms. The highest BCUT2D eigenvalue weighted by atomic mass is 32.1. The molecular formula is C20H13NO2S. The molecule has 4 rings (SSSR count). The van der Waals surface area contributed by atoms with Crippen LogP contribution >= 0.6 is 11.3 Å². The molecule has 2 aromatic heterocycles. The molecule has 0 atom stereocenters. The van der Waals surface area contributed by atoms with Crippen LogP contribution in [-0.4, -0.2) is 10.8 Å². The van der Waals surface area contributed by atoms with Crippen molar-refractivity contribution in [2.45, 2.75) is 0 Å². The van der Waals surface area contributed by atoms with Gasteiger partial charge >= 0.3 is 0 Å². The van der Waals surface area contributed by atoms with Gasteiger partial charge in [0.05, 0.1) is 4.88 Å². The van der Waals surface area contributed by atoms with Crippen LogP contribution in [-0.2, 0) is 0 Å². The SMILES string of the molecule is O=C(c1nc(-c2ccccc2)c(-c2ccccc2)o1)c1cccs1. The van der Waals surface area contributed by atoms with E-state index < -0.39 is 0 Å². The molecule has 0 N–H and O–H groups in total. The maximum absolute atomic E-state index is 12.6. The first kappa shape index (κ1) is 14.6. The summed E-state index contributed by atoms with van der Waals surface area (Å²) in [4.78, 5) is 17.7. The van der Waals surface area contributed by atoms with E-state index in [4.69, 9.17) is 4.42 Å². The van der Waals surface area contributed by atoms with Crippen molar-refractivity contribution in [3.8, 4) is 22.6 Å². The van der Waals surface area contributed by atoms with Gasteiger partial charge in [-0.2, -0.15) is 0 Å². The molecule has 2 aromatic carbocycles. The number of rotatable bonds is 4. The molecule has 0 aliphatic rings. The average Bonchev–Trinajstić information content (AvgIpc) is 3.33. The molecule has 0 saturated carbocycles. The number of nitrogens with zero attached hydrogens (tertiary/aromatic N) is 1. The zero-order chi connectivity index (χ0) is 16.4. The van der Waals surface area contributed by atoms with E-state index in [1.54, 1.807) is 6.07 Å². The second-order valence-corrected chi connectivity index (χ2v) is 6.18. The van der Waals surface area contributed by atoms with Gasteiger partial charge in [0.1, 0.15) is 5.69 Å². The lowest BCUT2D eigenvalue weighted by Crippen LogP contribution is -1.98. The van der Waals surface area contributed by atoms with Gasteiger partial charge in [0, 0.05) is 11.1 Å². The number of carbonyl (C=O) groups excluding carboxylic acids is 1. The lowest BCUT2D eigenvalue weighted by molar-refractivity contribution is 0.101. The Bertz CT molecular complexity index is 901. The third kappa shape index (κ3) is 2.68. The Hall–Kier alpha value is -2.98. The van der Waals surface area contributed by atoms with Crippen LogP contribution in [0.5, 0.6) is 0 Å². The van der Waals surface area contributed by atoms with E-state index in [-0.39, 0.29) is 11.7 Å². The summed E-state index contributed by atoms with van der Waals surface area (Å²) in [5, 5.41) is 1.87. The van der Waals surface area contributed by atoms with E-state index in [9.17, 15) is 4.79 Å². The lowest BCUT2D eigenvalue weighted by atomic mass is 10.1. The van der Waals surface area contributed by atoms with Gasteiger partial charge < -0.3 is 4.42 Å². The zero-order valence-electron chi connectivity index (χ0n) is 12.7. The summed E-state index contributed by atoms with van der Waals surface area (Å²) in [6, 6.07) is 23.1. The summed E-state index contributed by atoms with van der Waals surface area (Å²) in [6.07, 6.45) is 0. The molecule has 3 nitrogen and oxygen atoms in total. The minimum atomic E-state index is -0.190. The molecule has 4 aromatic rings. The third-order valence-electron chi connectivity index (χ3n) is 3.65. The fraction of sp³-hybridized carbons (Fsp3) is 0. The molecule has 0 unspecified atom stereocenters. The van der Waals surface area contributed by atoms with E-state index >= 15 is 0 Å². The predicted octanol–water partition coefficient (Wildman–Crippen LogP) is 5.30. The van der Waals surface area contributed by atoms with Crippen molar-refractivity contribution in [3.05, 3.63) is 88.9 Å². The summed E-state index contributed by atoms with van der Waals surface area (Å²) < 4.78 is 5.89. The molecule has 24 heavy (non-hydrogen) atoms. The van der Waals surface area contributed by atoms with E-state index in [0.29, 0.717) is 16.3 Å². The second kappa shape index (κ2) is 6.26. The molecule has 0 aliphatic heterocycles. The van der Waals surface area contributed by atoms with E-state index in [2.05, 4.69) is 4.98 Å². The Labute approximate surface area is 143 Å². The Morgan fingerprint density at radius 1 is 0.833 bits per heavy atom. The molecule has 116 valence electrons. The van der Waals surface area contributed by atoms with Crippen LogP contribution in [0.3, 0.4) is 0 Å². The van der Waals surface area contributed by atoms with Crippen molar-refractivity contribution >= 4 is 17.1 Å². The normalized spacial score (nSPS) is 10.7. The van der Waals surface area contributed by atoms with E-state index in [1.807, 2.05) is 72.1 Å². The van der Waals surface area contributed by atoms with Crippen molar-refractivity contribution in [1.82, 2.24) is 4.98 Å². The molecule has 0 amide bonds. The van der Waals surface area contributed by atoms with Gasteiger partial charge in [-0.1, -0.05) is 66.7 Å².